The van der Waals surface area contributed by atoms with Gasteiger partial charge in [0.1, 0.15) is 18.1 Å². The number of nitrogens with one attached hydrogen (secondary N) is 1. The molecule has 0 atom stereocenters. The third kappa shape index (κ3) is 7.18. The Morgan fingerprint density at radius 1 is 0.970 bits per heavy atom. The topological polar surface area (TPSA) is 94.2 Å². The van der Waals surface area contributed by atoms with Crippen LogP contribution >= 0.6 is 0 Å². The Hall–Kier alpha value is -2.62. The van der Waals surface area contributed by atoms with Crippen LogP contribution in [0.1, 0.15) is 26.3 Å². The molecule has 0 saturated carbocycles. The van der Waals surface area contributed by atoms with Crippen molar-refractivity contribution in [2.75, 3.05) is 46.1 Å². The van der Waals surface area contributed by atoms with E-state index >= 15 is 0 Å². The van der Waals surface area contributed by atoms with Crippen LogP contribution in [0.4, 0.5) is 0 Å². The van der Waals surface area contributed by atoms with Crippen LogP contribution in [0, 0.1) is 0 Å². The first-order chi connectivity index (χ1) is 15.7. The lowest BCUT2D eigenvalue weighted by Gasteiger charge is -2.26. The van der Waals surface area contributed by atoms with Gasteiger partial charge >= 0.3 is 0 Å². The van der Waals surface area contributed by atoms with E-state index in [1.165, 1.54) is 22.0 Å². The van der Waals surface area contributed by atoms with Crippen LogP contribution in [0.3, 0.4) is 0 Å². The summed E-state index contributed by atoms with van der Waals surface area (Å²) in [6, 6.07) is 14.0. The molecule has 9 heteroatoms. The third-order valence-electron chi connectivity index (χ3n) is 5.21. The van der Waals surface area contributed by atoms with Gasteiger partial charge < -0.3 is 19.5 Å². The van der Waals surface area contributed by atoms with E-state index in [0.29, 0.717) is 44.3 Å². The maximum atomic E-state index is 12.6. The Bertz CT molecular complexity index is 1010. The number of hydrogen-bond acceptors (Lipinski definition) is 6. The van der Waals surface area contributed by atoms with Crippen molar-refractivity contribution in [3.63, 3.8) is 0 Å². The summed E-state index contributed by atoms with van der Waals surface area (Å²) in [5, 5.41) is 2.73. The van der Waals surface area contributed by atoms with Gasteiger partial charge in [0.05, 0.1) is 24.7 Å². The van der Waals surface area contributed by atoms with Crippen LogP contribution in [-0.2, 0) is 25.0 Å². The highest BCUT2D eigenvalue weighted by Crippen LogP contribution is 2.24. The number of ether oxygens (including phenoxy) is 3. The van der Waals surface area contributed by atoms with Crippen molar-refractivity contribution in [1.82, 2.24) is 9.62 Å². The van der Waals surface area contributed by atoms with E-state index in [-0.39, 0.29) is 29.4 Å². The molecule has 0 aliphatic carbocycles. The fraction of sp³-hybridized carbons (Fsp3) is 0.458. The molecule has 0 aromatic heterocycles. The van der Waals surface area contributed by atoms with E-state index in [1.807, 2.05) is 24.3 Å². The second kappa shape index (κ2) is 11.0. The first-order valence-corrected chi connectivity index (χ1v) is 12.4. The Labute approximate surface area is 195 Å². The minimum absolute atomic E-state index is 0.0627. The summed E-state index contributed by atoms with van der Waals surface area (Å²) in [6.07, 6.45) is 0. The molecule has 2 aromatic rings. The van der Waals surface area contributed by atoms with Gasteiger partial charge in [0.25, 0.3) is 5.91 Å². The van der Waals surface area contributed by atoms with Gasteiger partial charge in [0, 0.05) is 13.1 Å². The van der Waals surface area contributed by atoms with E-state index in [4.69, 9.17) is 14.2 Å². The van der Waals surface area contributed by atoms with Gasteiger partial charge in [-0.3, -0.25) is 4.79 Å². The minimum atomic E-state index is -3.53. The van der Waals surface area contributed by atoms with E-state index in [1.54, 1.807) is 12.1 Å². The van der Waals surface area contributed by atoms with Gasteiger partial charge in [-0.2, -0.15) is 4.31 Å². The molecule has 8 nitrogen and oxygen atoms in total. The molecule has 1 fully saturated rings. The smallest absolute Gasteiger partial charge is 0.258 e. The lowest BCUT2D eigenvalue weighted by Crippen LogP contribution is -2.40. The first kappa shape index (κ1) is 25.0. The Kier molecular flexibility index (Phi) is 8.34. The SMILES string of the molecule is CC(C)(C)c1ccc(OCC(=O)NCCOc2ccc(S(=O)(=O)N3CCOCC3)cc2)cc1. The van der Waals surface area contributed by atoms with Gasteiger partial charge in [-0.25, -0.2) is 8.42 Å². The molecule has 1 heterocycles. The maximum absolute atomic E-state index is 12.6. The Morgan fingerprint density at radius 3 is 2.15 bits per heavy atom. The van der Waals surface area contributed by atoms with Gasteiger partial charge in [-0.05, 0) is 47.4 Å². The number of carbonyl (C=O) groups excluding carboxylic acids is 1. The van der Waals surface area contributed by atoms with E-state index in [9.17, 15) is 13.2 Å². The Balaban J connectivity index is 1.37. The number of carbonyl (C=O) groups is 1. The zero-order chi connectivity index (χ0) is 23.9. The van der Waals surface area contributed by atoms with Crippen LogP contribution in [0.25, 0.3) is 0 Å². The predicted octanol–water partition coefficient (Wildman–Crippen LogP) is 2.58. The summed E-state index contributed by atoms with van der Waals surface area (Å²) in [7, 11) is -3.53. The average molecular weight is 477 g/mol. The van der Waals surface area contributed by atoms with Crippen molar-refractivity contribution < 1.29 is 27.4 Å². The molecule has 0 spiro atoms. The zero-order valence-electron chi connectivity index (χ0n) is 19.4. The van der Waals surface area contributed by atoms with Crippen molar-refractivity contribution in [2.45, 2.75) is 31.1 Å². The van der Waals surface area contributed by atoms with Crippen molar-refractivity contribution >= 4 is 15.9 Å². The molecule has 0 radical (unpaired) electrons. The maximum Gasteiger partial charge on any atom is 0.258 e. The molecule has 3 rings (SSSR count). The van der Waals surface area contributed by atoms with Crippen LogP contribution < -0.4 is 14.8 Å². The highest BCUT2D eigenvalue weighted by atomic mass is 32.2. The van der Waals surface area contributed by atoms with Crippen molar-refractivity contribution in [3.8, 4) is 11.5 Å². The highest BCUT2D eigenvalue weighted by molar-refractivity contribution is 7.89. The van der Waals surface area contributed by atoms with Gasteiger partial charge in [0.2, 0.25) is 10.0 Å². The lowest BCUT2D eigenvalue weighted by atomic mass is 9.87. The molecule has 1 aliphatic heterocycles. The monoisotopic (exact) mass is 476 g/mol. The number of sulfonamides is 1. The van der Waals surface area contributed by atoms with Gasteiger partial charge in [-0.15, -0.1) is 0 Å². The highest BCUT2D eigenvalue weighted by Gasteiger charge is 2.26. The summed E-state index contributed by atoms with van der Waals surface area (Å²) in [4.78, 5) is 12.2. The molecule has 1 amide bonds. The zero-order valence-corrected chi connectivity index (χ0v) is 20.2. The quantitative estimate of drug-likeness (QED) is 0.559. The average Bonchev–Trinajstić information content (AvgIpc) is 2.81. The second-order valence-corrected chi connectivity index (χ2v) is 10.7. The molecule has 0 unspecified atom stereocenters. The van der Waals surface area contributed by atoms with Crippen molar-refractivity contribution in [3.05, 3.63) is 54.1 Å². The molecule has 180 valence electrons. The number of benzene rings is 2. The van der Waals surface area contributed by atoms with Crippen LogP contribution in [0.15, 0.2) is 53.4 Å². The van der Waals surface area contributed by atoms with Crippen LogP contribution in [0.5, 0.6) is 11.5 Å². The summed E-state index contributed by atoms with van der Waals surface area (Å²) < 4.78 is 43.0. The fourth-order valence-corrected chi connectivity index (χ4v) is 4.66. The summed E-state index contributed by atoms with van der Waals surface area (Å²) in [5.74, 6) is 0.923. The largest absolute Gasteiger partial charge is 0.492 e. The number of morpholine rings is 1. The van der Waals surface area contributed by atoms with Crippen molar-refractivity contribution in [2.24, 2.45) is 0 Å². The van der Waals surface area contributed by atoms with Gasteiger partial charge in [0.15, 0.2) is 6.61 Å². The molecular formula is C24H32N2O6S. The molecule has 1 saturated heterocycles. The van der Waals surface area contributed by atoms with E-state index in [2.05, 4.69) is 26.1 Å². The molecule has 0 bridgehead atoms. The summed E-state index contributed by atoms with van der Waals surface area (Å²) in [6.45, 7) is 8.41. The summed E-state index contributed by atoms with van der Waals surface area (Å²) >= 11 is 0. The molecule has 33 heavy (non-hydrogen) atoms. The summed E-state index contributed by atoms with van der Waals surface area (Å²) in [5.41, 5.74) is 1.26. The number of hydrogen-bond donors (Lipinski definition) is 1. The molecule has 2 aromatic carbocycles. The van der Waals surface area contributed by atoms with Crippen molar-refractivity contribution in [1.29, 1.82) is 0 Å². The first-order valence-electron chi connectivity index (χ1n) is 11.0. The van der Waals surface area contributed by atoms with E-state index in [0.717, 1.165) is 0 Å². The van der Waals surface area contributed by atoms with Crippen LogP contribution in [0.2, 0.25) is 0 Å². The molecule has 1 N–H and O–H groups in total. The lowest BCUT2D eigenvalue weighted by molar-refractivity contribution is -0.123. The molecular weight excluding hydrogens is 444 g/mol. The standard InChI is InChI=1S/C24H32N2O6S/c1-24(2,3)19-4-6-21(7-5-19)32-18-23(27)25-12-15-31-20-8-10-22(11-9-20)33(28,29)26-13-16-30-17-14-26/h4-11H,12-18H2,1-3H3,(H,25,27). The van der Waals surface area contributed by atoms with Crippen LogP contribution in [-0.4, -0.2) is 64.7 Å². The Morgan fingerprint density at radius 2 is 1.55 bits per heavy atom. The predicted molar refractivity (Wildman–Crippen MR) is 125 cm³/mol. The van der Waals surface area contributed by atoms with Gasteiger partial charge in [-0.1, -0.05) is 32.9 Å². The number of amides is 1. The normalized spacial score (nSPS) is 15.1. The number of nitrogens with zero attached hydrogens (tertiary/aromatic N) is 1. The minimum Gasteiger partial charge on any atom is -0.492 e. The van der Waals surface area contributed by atoms with E-state index < -0.39 is 10.0 Å². The fourth-order valence-electron chi connectivity index (χ4n) is 3.25. The third-order valence-corrected chi connectivity index (χ3v) is 7.13. The molecule has 1 aliphatic rings. The second-order valence-electron chi connectivity index (χ2n) is 8.75. The number of rotatable bonds is 9.